The maximum absolute atomic E-state index is 8.18. The SMILES string of the molecule is N#CCCn1ccnc1.[Na]. The van der Waals surface area contributed by atoms with E-state index in [-0.39, 0.29) is 29.6 Å². The van der Waals surface area contributed by atoms with Crippen LogP contribution in [0.2, 0.25) is 0 Å². The quantitative estimate of drug-likeness (QED) is 0.564. The second-order valence-electron chi connectivity index (χ2n) is 1.71. The molecule has 0 amide bonds. The summed E-state index contributed by atoms with van der Waals surface area (Å²) in [4.78, 5) is 3.83. The van der Waals surface area contributed by atoms with Crippen LogP contribution in [0.15, 0.2) is 18.7 Å². The zero-order valence-corrected chi connectivity index (χ0v) is 7.99. The maximum Gasteiger partial charge on any atom is 0.0946 e. The summed E-state index contributed by atoms with van der Waals surface area (Å²) in [5, 5.41) is 8.18. The molecule has 1 heterocycles. The summed E-state index contributed by atoms with van der Waals surface area (Å²) in [6.07, 6.45) is 5.81. The van der Waals surface area contributed by atoms with Crippen LogP contribution in [0.4, 0.5) is 0 Å². The zero-order chi connectivity index (χ0) is 6.53. The number of aromatic nitrogens is 2. The van der Waals surface area contributed by atoms with Crippen LogP contribution in [-0.2, 0) is 6.54 Å². The van der Waals surface area contributed by atoms with Gasteiger partial charge in [-0.15, -0.1) is 0 Å². The van der Waals surface area contributed by atoms with Crippen LogP contribution in [0.5, 0.6) is 0 Å². The molecule has 4 heteroatoms. The van der Waals surface area contributed by atoms with Gasteiger partial charge in [0.15, 0.2) is 0 Å². The van der Waals surface area contributed by atoms with Crippen LogP contribution in [0.1, 0.15) is 6.42 Å². The van der Waals surface area contributed by atoms with Gasteiger partial charge in [-0.2, -0.15) is 5.26 Å². The van der Waals surface area contributed by atoms with Crippen molar-refractivity contribution in [2.75, 3.05) is 0 Å². The Morgan fingerprint density at radius 3 is 2.90 bits per heavy atom. The first-order valence-corrected chi connectivity index (χ1v) is 2.76. The molecule has 0 bridgehead atoms. The zero-order valence-electron chi connectivity index (χ0n) is 5.99. The van der Waals surface area contributed by atoms with Crippen molar-refractivity contribution in [2.45, 2.75) is 13.0 Å². The number of hydrogen-bond acceptors (Lipinski definition) is 2. The summed E-state index contributed by atoms with van der Waals surface area (Å²) in [7, 11) is 0. The fraction of sp³-hybridized carbons (Fsp3) is 0.333. The van der Waals surface area contributed by atoms with E-state index in [1.165, 1.54) is 0 Å². The molecule has 0 saturated carbocycles. The topological polar surface area (TPSA) is 41.6 Å². The Morgan fingerprint density at radius 1 is 1.60 bits per heavy atom. The molecule has 0 aliphatic heterocycles. The fourth-order valence-electron chi connectivity index (χ4n) is 0.598. The Balaban J connectivity index is 0.000000810. The van der Waals surface area contributed by atoms with E-state index in [0.717, 1.165) is 6.54 Å². The van der Waals surface area contributed by atoms with Crippen LogP contribution in [-0.4, -0.2) is 39.1 Å². The number of nitrogens with zero attached hydrogens (tertiary/aromatic N) is 3. The van der Waals surface area contributed by atoms with Gasteiger partial charge in [-0.05, 0) is 0 Å². The summed E-state index contributed by atoms with van der Waals surface area (Å²) < 4.78 is 1.88. The van der Waals surface area contributed by atoms with Gasteiger partial charge in [0.25, 0.3) is 0 Å². The van der Waals surface area contributed by atoms with Crippen molar-refractivity contribution in [3.63, 3.8) is 0 Å². The molecule has 1 rings (SSSR count). The first kappa shape index (κ1) is 9.70. The fourth-order valence-corrected chi connectivity index (χ4v) is 0.598. The molecule has 0 unspecified atom stereocenters. The van der Waals surface area contributed by atoms with Crippen molar-refractivity contribution in [1.82, 2.24) is 9.55 Å². The van der Waals surface area contributed by atoms with E-state index in [1.54, 1.807) is 12.5 Å². The van der Waals surface area contributed by atoms with Crippen molar-refractivity contribution in [1.29, 1.82) is 5.26 Å². The average Bonchev–Trinajstić information content (AvgIpc) is 2.34. The Labute approximate surface area is 82.0 Å². The Morgan fingerprint density at radius 2 is 2.40 bits per heavy atom. The summed E-state index contributed by atoms with van der Waals surface area (Å²) in [5.74, 6) is 0. The van der Waals surface area contributed by atoms with Gasteiger partial charge in [-0.3, -0.25) is 0 Å². The standard InChI is InChI=1S/C6H7N3.Na/c7-2-1-4-9-5-3-8-6-9;/h3,5-6H,1,4H2;. The van der Waals surface area contributed by atoms with Crippen LogP contribution >= 0.6 is 0 Å². The minimum Gasteiger partial charge on any atom is -0.336 e. The predicted molar refractivity (Wildman–Crippen MR) is 38.2 cm³/mol. The monoisotopic (exact) mass is 144 g/mol. The van der Waals surface area contributed by atoms with Gasteiger partial charge in [0.1, 0.15) is 0 Å². The number of imidazole rings is 1. The van der Waals surface area contributed by atoms with Crippen LogP contribution in [0.3, 0.4) is 0 Å². The summed E-state index contributed by atoms with van der Waals surface area (Å²) in [5.41, 5.74) is 0. The molecule has 0 aromatic carbocycles. The van der Waals surface area contributed by atoms with Crippen molar-refractivity contribution >= 4 is 29.6 Å². The molecule has 1 radical (unpaired) electrons. The molecule has 0 aliphatic carbocycles. The number of nitriles is 1. The van der Waals surface area contributed by atoms with E-state index >= 15 is 0 Å². The third-order valence-electron chi connectivity index (χ3n) is 1.04. The predicted octanol–water partition coefficient (Wildman–Crippen LogP) is 0.416. The van der Waals surface area contributed by atoms with Gasteiger partial charge in [0.2, 0.25) is 0 Å². The van der Waals surface area contributed by atoms with Gasteiger partial charge >= 0.3 is 0 Å². The van der Waals surface area contributed by atoms with Crippen molar-refractivity contribution in [3.8, 4) is 6.07 Å². The first-order valence-electron chi connectivity index (χ1n) is 2.76. The second kappa shape index (κ2) is 5.48. The number of rotatable bonds is 2. The van der Waals surface area contributed by atoms with Crippen LogP contribution in [0, 0.1) is 11.3 Å². The van der Waals surface area contributed by atoms with Crippen molar-refractivity contribution in [3.05, 3.63) is 18.7 Å². The van der Waals surface area contributed by atoms with Gasteiger partial charge in [0.05, 0.1) is 18.8 Å². The van der Waals surface area contributed by atoms with E-state index in [4.69, 9.17) is 5.26 Å². The average molecular weight is 144 g/mol. The molecule has 10 heavy (non-hydrogen) atoms. The molecule has 0 fully saturated rings. The molecule has 0 aliphatic rings. The van der Waals surface area contributed by atoms with Gasteiger partial charge < -0.3 is 4.57 Å². The second-order valence-corrected chi connectivity index (χ2v) is 1.71. The Hall–Kier alpha value is -0.300. The third kappa shape index (κ3) is 3.02. The molecular formula is C6H7N3Na. The molecule has 0 saturated heterocycles. The minimum absolute atomic E-state index is 0. The molecule has 1 aromatic heterocycles. The molecule has 1 aromatic rings. The summed E-state index contributed by atoms with van der Waals surface area (Å²) in [6.45, 7) is 0.747. The van der Waals surface area contributed by atoms with E-state index < -0.39 is 0 Å². The first-order chi connectivity index (χ1) is 4.43. The number of aryl methyl sites for hydroxylation is 1. The molecule has 0 N–H and O–H groups in total. The largest absolute Gasteiger partial charge is 0.336 e. The summed E-state index contributed by atoms with van der Waals surface area (Å²) in [6, 6.07) is 2.06. The minimum atomic E-state index is 0. The van der Waals surface area contributed by atoms with Crippen molar-refractivity contribution in [2.24, 2.45) is 0 Å². The van der Waals surface area contributed by atoms with Gasteiger partial charge in [-0.1, -0.05) is 0 Å². The van der Waals surface area contributed by atoms with E-state index in [1.807, 2.05) is 10.8 Å². The molecule has 0 spiro atoms. The van der Waals surface area contributed by atoms with E-state index in [9.17, 15) is 0 Å². The van der Waals surface area contributed by atoms with E-state index in [2.05, 4.69) is 11.1 Å². The van der Waals surface area contributed by atoms with Gasteiger partial charge in [-0.25, -0.2) is 4.98 Å². The van der Waals surface area contributed by atoms with E-state index in [0.29, 0.717) is 6.42 Å². The number of hydrogen-bond donors (Lipinski definition) is 0. The van der Waals surface area contributed by atoms with Crippen molar-refractivity contribution < 1.29 is 0 Å². The summed E-state index contributed by atoms with van der Waals surface area (Å²) >= 11 is 0. The smallest absolute Gasteiger partial charge is 0.0946 e. The van der Waals surface area contributed by atoms with Crippen LogP contribution in [0.25, 0.3) is 0 Å². The van der Waals surface area contributed by atoms with Gasteiger partial charge in [0, 0.05) is 48.5 Å². The molecular weight excluding hydrogens is 137 g/mol. The third-order valence-corrected chi connectivity index (χ3v) is 1.04. The molecule has 47 valence electrons. The Kier molecular flexibility index (Phi) is 5.32. The van der Waals surface area contributed by atoms with Crippen LogP contribution < -0.4 is 0 Å². The molecule has 3 nitrogen and oxygen atoms in total. The normalized spacial score (nSPS) is 7.90. The Bertz CT molecular complexity index is 199. The molecule has 0 atom stereocenters. The maximum atomic E-state index is 8.18.